The number of para-hydroxylation sites is 1. The summed E-state index contributed by atoms with van der Waals surface area (Å²) in [6.07, 6.45) is 4.62. The molecule has 0 saturated carbocycles. The normalized spacial score (nSPS) is 15.0. The average molecular weight is 547 g/mol. The Morgan fingerprint density at radius 3 is 2.36 bits per heavy atom. The summed E-state index contributed by atoms with van der Waals surface area (Å²) in [6, 6.07) is 12.8. The van der Waals surface area contributed by atoms with E-state index >= 15 is 0 Å². The largest absolute Gasteiger partial charge is 0.377 e. The van der Waals surface area contributed by atoms with Gasteiger partial charge in [0.15, 0.2) is 9.84 Å². The van der Waals surface area contributed by atoms with Gasteiger partial charge in [-0.1, -0.05) is 18.2 Å². The fourth-order valence-electron chi connectivity index (χ4n) is 5.43. The summed E-state index contributed by atoms with van der Waals surface area (Å²) in [4.78, 5) is 26.9. The summed E-state index contributed by atoms with van der Waals surface area (Å²) in [6.45, 7) is 9.05. The van der Waals surface area contributed by atoms with Crippen LogP contribution in [0.15, 0.2) is 64.7 Å². The Morgan fingerprint density at radius 2 is 1.67 bits per heavy atom. The Bertz CT molecular complexity index is 1710. The maximum Gasteiger partial charge on any atom is 0.259 e. The lowest BCUT2D eigenvalue weighted by Crippen LogP contribution is -2.48. The van der Waals surface area contributed by atoms with Crippen LogP contribution in [0.2, 0.25) is 0 Å². The Balaban J connectivity index is 1.51. The van der Waals surface area contributed by atoms with Crippen molar-refractivity contribution in [1.82, 2.24) is 14.5 Å². The van der Waals surface area contributed by atoms with Gasteiger partial charge in [-0.05, 0) is 61.5 Å². The smallest absolute Gasteiger partial charge is 0.259 e. The quantitative estimate of drug-likeness (QED) is 0.389. The lowest BCUT2D eigenvalue weighted by Gasteiger charge is -2.37. The van der Waals surface area contributed by atoms with Crippen molar-refractivity contribution >= 4 is 37.9 Å². The van der Waals surface area contributed by atoms with Crippen molar-refractivity contribution in [1.29, 1.82) is 0 Å². The van der Waals surface area contributed by atoms with Gasteiger partial charge in [-0.25, -0.2) is 18.4 Å². The van der Waals surface area contributed by atoms with E-state index in [1.807, 2.05) is 46.1 Å². The number of pyridine rings is 1. The minimum absolute atomic E-state index is 0.0507. The molecule has 2 aromatic carbocycles. The summed E-state index contributed by atoms with van der Waals surface area (Å²) >= 11 is 0. The third-order valence-electron chi connectivity index (χ3n) is 7.40. The lowest BCUT2D eigenvalue weighted by atomic mass is 9.97. The minimum Gasteiger partial charge on any atom is -0.377 e. The van der Waals surface area contributed by atoms with E-state index in [2.05, 4.69) is 37.2 Å². The fraction of sp³-hybridized carbons (Fsp3) is 0.345. The average Bonchev–Trinajstić information content (AvgIpc) is 2.91. The van der Waals surface area contributed by atoms with Gasteiger partial charge in [-0.3, -0.25) is 9.36 Å². The molecule has 39 heavy (non-hydrogen) atoms. The zero-order chi connectivity index (χ0) is 27.9. The summed E-state index contributed by atoms with van der Waals surface area (Å²) in [5, 5.41) is 4.91. The summed E-state index contributed by atoms with van der Waals surface area (Å²) < 4.78 is 26.5. The number of sulfone groups is 1. The van der Waals surface area contributed by atoms with Gasteiger partial charge in [-0.2, -0.15) is 0 Å². The van der Waals surface area contributed by atoms with E-state index in [1.165, 1.54) is 6.26 Å². The molecule has 2 aromatic heterocycles. The molecule has 1 fully saturated rings. The third-order valence-corrected chi connectivity index (χ3v) is 8.56. The monoisotopic (exact) mass is 546 g/mol. The van der Waals surface area contributed by atoms with Gasteiger partial charge in [0.1, 0.15) is 18.0 Å². The van der Waals surface area contributed by atoms with Gasteiger partial charge in [0.2, 0.25) is 0 Å². The van der Waals surface area contributed by atoms with Crippen molar-refractivity contribution in [3.63, 3.8) is 0 Å². The molecule has 0 aliphatic carbocycles. The van der Waals surface area contributed by atoms with E-state index < -0.39 is 9.84 Å². The fourth-order valence-corrected chi connectivity index (χ4v) is 6.28. The maximum atomic E-state index is 13.6. The predicted molar refractivity (Wildman–Crippen MR) is 157 cm³/mol. The van der Waals surface area contributed by atoms with Crippen LogP contribution < -0.4 is 20.7 Å². The van der Waals surface area contributed by atoms with Crippen LogP contribution in [-0.2, 0) is 16.9 Å². The van der Waals surface area contributed by atoms with Gasteiger partial charge in [0.05, 0.1) is 10.6 Å². The van der Waals surface area contributed by atoms with Crippen LogP contribution in [0.1, 0.15) is 29.7 Å². The molecule has 0 spiro atoms. The number of aryl methyl sites for hydroxylation is 2. The van der Waals surface area contributed by atoms with Gasteiger partial charge >= 0.3 is 0 Å². The number of benzene rings is 2. The second kappa shape index (κ2) is 10.3. The summed E-state index contributed by atoms with van der Waals surface area (Å²) in [5.41, 5.74) is 3.46. The molecule has 5 rings (SSSR count). The van der Waals surface area contributed by atoms with Crippen molar-refractivity contribution in [3.05, 3.63) is 82.0 Å². The minimum atomic E-state index is -3.41. The highest BCUT2D eigenvalue weighted by Gasteiger charge is 2.24. The van der Waals surface area contributed by atoms with E-state index in [0.717, 1.165) is 59.9 Å². The molecule has 1 aliphatic heterocycles. The van der Waals surface area contributed by atoms with Crippen LogP contribution >= 0.6 is 0 Å². The van der Waals surface area contributed by atoms with Crippen LogP contribution in [0.4, 0.5) is 17.3 Å². The molecule has 3 heterocycles. The van der Waals surface area contributed by atoms with Gasteiger partial charge in [0.25, 0.3) is 5.56 Å². The van der Waals surface area contributed by atoms with E-state index in [4.69, 9.17) is 0 Å². The first-order valence-electron chi connectivity index (χ1n) is 13.0. The van der Waals surface area contributed by atoms with E-state index in [0.29, 0.717) is 11.1 Å². The topological polar surface area (TPSA) is 100 Å². The molecule has 0 unspecified atom stereocenters. The molecule has 10 heteroatoms. The van der Waals surface area contributed by atoms with Crippen LogP contribution in [0, 0.1) is 13.8 Å². The summed E-state index contributed by atoms with van der Waals surface area (Å²) in [7, 11) is -1.58. The predicted octanol–water partition coefficient (Wildman–Crippen LogP) is 3.85. The SMILES string of the molecule is Cc1cc([C@@H](C)Nc2ccccc2S(C)(=O)=O)c2cc(N3CCN(c4ncncc4C)CC3)n(C)c(=O)c2c1. The van der Waals surface area contributed by atoms with Crippen molar-refractivity contribution in [3.8, 4) is 0 Å². The number of piperazine rings is 1. The first kappa shape index (κ1) is 26.7. The first-order chi connectivity index (χ1) is 18.5. The number of fused-ring (bicyclic) bond motifs is 1. The number of nitrogens with one attached hydrogen (secondary N) is 1. The Hall–Kier alpha value is -3.92. The van der Waals surface area contributed by atoms with Crippen LogP contribution in [0.5, 0.6) is 0 Å². The molecule has 0 bridgehead atoms. The number of nitrogens with zero attached hydrogens (tertiary/aromatic N) is 5. The molecule has 204 valence electrons. The molecule has 9 nitrogen and oxygen atoms in total. The second-order valence-electron chi connectivity index (χ2n) is 10.3. The molecular weight excluding hydrogens is 512 g/mol. The molecule has 1 saturated heterocycles. The van der Waals surface area contributed by atoms with Crippen LogP contribution in [0.25, 0.3) is 10.8 Å². The van der Waals surface area contributed by atoms with Gasteiger partial charge in [-0.15, -0.1) is 0 Å². The van der Waals surface area contributed by atoms with Gasteiger partial charge in [0, 0.05) is 62.7 Å². The highest BCUT2D eigenvalue weighted by Crippen LogP contribution is 2.32. The third kappa shape index (κ3) is 5.21. The molecule has 1 atom stereocenters. The zero-order valence-electron chi connectivity index (χ0n) is 23.0. The number of hydrogen-bond donors (Lipinski definition) is 1. The van der Waals surface area contributed by atoms with E-state index in [9.17, 15) is 13.2 Å². The standard InChI is InChI=1S/C29H34N6O3S/c1-19-14-22(21(3)32-25-8-6-7-9-26(25)39(5,37)38)23-16-27(33(4)29(36)24(23)15-19)34-10-12-35(13-11-34)28-20(2)17-30-18-31-28/h6-9,14-18,21,32H,10-13H2,1-5H3/t21-/m1/s1. The number of hydrogen-bond acceptors (Lipinski definition) is 8. The molecule has 0 amide bonds. The molecule has 1 N–H and O–H groups in total. The molecule has 0 radical (unpaired) electrons. The zero-order valence-corrected chi connectivity index (χ0v) is 23.8. The Morgan fingerprint density at radius 1 is 0.974 bits per heavy atom. The van der Waals surface area contributed by atoms with E-state index in [1.54, 1.807) is 29.1 Å². The molecule has 1 aliphatic rings. The molecular formula is C29H34N6O3S. The number of rotatable bonds is 6. The van der Waals surface area contributed by atoms with Crippen molar-refractivity contribution in [2.45, 2.75) is 31.7 Å². The van der Waals surface area contributed by atoms with Crippen molar-refractivity contribution in [2.75, 3.05) is 47.6 Å². The lowest BCUT2D eigenvalue weighted by molar-refractivity contribution is 0.602. The number of anilines is 3. The highest BCUT2D eigenvalue weighted by atomic mass is 32.2. The van der Waals surface area contributed by atoms with Crippen molar-refractivity contribution in [2.24, 2.45) is 7.05 Å². The first-order valence-corrected chi connectivity index (χ1v) is 14.9. The van der Waals surface area contributed by atoms with Crippen LogP contribution in [-0.4, -0.2) is 55.4 Å². The second-order valence-corrected chi connectivity index (χ2v) is 12.3. The number of aromatic nitrogens is 3. The highest BCUT2D eigenvalue weighted by molar-refractivity contribution is 7.90. The van der Waals surface area contributed by atoms with Crippen LogP contribution in [0.3, 0.4) is 0 Å². The van der Waals surface area contributed by atoms with E-state index in [-0.39, 0.29) is 16.5 Å². The Kier molecular flexibility index (Phi) is 7.07. The van der Waals surface area contributed by atoms with Crippen molar-refractivity contribution < 1.29 is 8.42 Å². The molecule has 4 aromatic rings. The summed E-state index contributed by atoms with van der Waals surface area (Å²) in [5.74, 6) is 1.81. The van der Waals surface area contributed by atoms with Gasteiger partial charge < -0.3 is 15.1 Å². The maximum absolute atomic E-state index is 13.6. The Labute approximate surface area is 229 Å².